The molecule has 1 fully saturated rings. The fourth-order valence-electron chi connectivity index (χ4n) is 3.01. The average molecular weight is 291 g/mol. The molecule has 0 aromatic carbocycles. The summed E-state index contributed by atoms with van der Waals surface area (Å²) in [7, 11) is 2.13. The Labute approximate surface area is 128 Å². The second-order valence-corrected chi connectivity index (χ2v) is 6.32. The number of anilines is 1. The van der Waals surface area contributed by atoms with E-state index in [1.54, 1.807) is 0 Å². The van der Waals surface area contributed by atoms with Crippen LogP contribution in [0.4, 0.5) is 5.82 Å². The van der Waals surface area contributed by atoms with Crippen LogP contribution >= 0.6 is 0 Å². The van der Waals surface area contributed by atoms with Crippen molar-refractivity contribution in [2.24, 2.45) is 11.7 Å². The van der Waals surface area contributed by atoms with E-state index in [2.05, 4.69) is 36.8 Å². The molecule has 1 aromatic rings. The molecule has 1 saturated heterocycles. The van der Waals surface area contributed by atoms with Crippen LogP contribution in [-0.4, -0.2) is 37.8 Å². The maximum absolute atomic E-state index is 6.02. The second kappa shape index (κ2) is 7.76. The Hall–Kier alpha value is -1.13. The van der Waals surface area contributed by atoms with Gasteiger partial charge in [0, 0.05) is 32.4 Å². The predicted molar refractivity (Wildman–Crippen MR) is 87.8 cm³/mol. The molecule has 0 aliphatic carbocycles. The van der Waals surface area contributed by atoms with Gasteiger partial charge in [-0.25, -0.2) is 4.98 Å². The molecule has 0 saturated carbocycles. The van der Waals surface area contributed by atoms with E-state index in [9.17, 15) is 0 Å². The van der Waals surface area contributed by atoms with Gasteiger partial charge >= 0.3 is 0 Å². The highest BCUT2D eigenvalue weighted by molar-refractivity contribution is 5.46. The first-order valence-electron chi connectivity index (χ1n) is 8.10. The van der Waals surface area contributed by atoms with Gasteiger partial charge in [0.15, 0.2) is 0 Å². The van der Waals surface area contributed by atoms with Crippen molar-refractivity contribution in [1.82, 2.24) is 4.98 Å². The van der Waals surface area contributed by atoms with Crippen LogP contribution < -0.4 is 10.6 Å². The van der Waals surface area contributed by atoms with Crippen molar-refractivity contribution in [3.8, 4) is 0 Å². The van der Waals surface area contributed by atoms with E-state index in [0.717, 1.165) is 38.4 Å². The second-order valence-electron chi connectivity index (χ2n) is 6.32. The minimum Gasteiger partial charge on any atom is -0.381 e. The number of hydrogen-bond donors (Lipinski definition) is 1. The highest BCUT2D eigenvalue weighted by atomic mass is 16.5. The Balaban J connectivity index is 1.98. The van der Waals surface area contributed by atoms with Gasteiger partial charge in [-0.3, -0.25) is 0 Å². The first kappa shape index (κ1) is 16.2. The van der Waals surface area contributed by atoms with Crippen molar-refractivity contribution in [3.63, 3.8) is 0 Å². The molecule has 2 heterocycles. The maximum Gasteiger partial charge on any atom is 0.131 e. The van der Waals surface area contributed by atoms with E-state index in [-0.39, 0.29) is 6.04 Å². The minimum atomic E-state index is 0.231. The third-order valence-corrected chi connectivity index (χ3v) is 4.28. The highest BCUT2D eigenvalue weighted by Gasteiger charge is 2.17. The molecule has 4 nitrogen and oxygen atoms in total. The number of rotatable bonds is 6. The molecule has 2 rings (SSSR count). The largest absolute Gasteiger partial charge is 0.381 e. The van der Waals surface area contributed by atoms with Crippen molar-refractivity contribution in [1.29, 1.82) is 0 Å². The minimum absolute atomic E-state index is 0.231. The average Bonchev–Trinajstić information content (AvgIpc) is 2.48. The zero-order valence-electron chi connectivity index (χ0n) is 13.6. The Morgan fingerprint density at radius 1 is 1.52 bits per heavy atom. The summed E-state index contributed by atoms with van der Waals surface area (Å²) in [5.74, 6) is 1.70. The van der Waals surface area contributed by atoms with Gasteiger partial charge in [0.1, 0.15) is 5.82 Å². The van der Waals surface area contributed by atoms with Crippen molar-refractivity contribution in [2.75, 3.05) is 31.7 Å². The van der Waals surface area contributed by atoms with Gasteiger partial charge in [-0.2, -0.15) is 0 Å². The van der Waals surface area contributed by atoms with Gasteiger partial charge < -0.3 is 15.4 Å². The van der Waals surface area contributed by atoms with E-state index in [0.29, 0.717) is 5.92 Å². The standard InChI is InChI=1S/C17H29N3O/c1-4-16(18)9-15-8-13(2)17(19-10-15)20(3)11-14-6-5-7-21-12-14/h8,10,14,16H,4-7,9,11-12,18H2,1-3H3. The van der Waals surface area contributed by atoms with Crippen LogP contribution in [0, 0.1) is 12.8 Å². The molecular formula is C17H29N3O. The fraction of sp³-hybridized carbons (Fsp3) is 0.706. The quantitative estimate of drug-likeness (QED) is 0.875. The lowest BCUT2D eigenvalue weighted by Gasteiger charge is -2.28. The van der Waals surface area contributed by atoms with Gasteiger partial charge in [-0.15, -0.1) is 0 Å². The highest BCUT2D eigenvalue weighted by Crippen LogP contribution is 2.21. The lowest BCUT2D eigenvalue weighted by atomic mass is 10.0. The van der Waals surface area contributed by atoms with Gasteiger partial charge in [-0.1, -0.05) is 13.0 Å². The molecule has 0 bridgehead atoms. The molecule has 2 unspecified atom stereocenters. The van der Waals surface area contributed by atoms with Crippen LogP contribution in [0.5, 0.6) is 0 Å². The summed E-state index contributed by atoms with van der Waals surface area (Å²) in [6, 6.07) is 2.46. The number of hydrogen-bond acceptors (Lipinski definition) is 4. The molecule has 1 aliphatic rings. The summed E-state index contributed by atoms with van der Waals surface area (Å²) in [5, 5.41) is 0. The SMILES string of the molecule is CCC(N)Cc1cnc(N(C)CC2CCCOC2)c(C)c1. The maximum atomic E-state index is 6.02. The molecule has 21 heavy (non-hydrogen) atoms. The summed E-state index contributed by atoms with van der Waals surface area (Å²) >= 11 is 0. The molecule has 2 atom stereocenters. The zero-order chi connectivity index (χ0) is 15.2. The number of pyridine rings is 1. The number of ether oxygens (including phenoxy) is 1. The number of aromatic nitrogens is 1. The van der Waals surface area contributed by atoms with Crippen molar-refractivity contribution in [3.05, 3.63) is 23.4 Å². The van der Waals surface area contributed by atoms with Crippen molar-refractivity contribution in [2.45, 2.75) is 45.6 Å². The van der Waals surface area contributed by atoms with Gasteiger partial charge in [0.05, 0.1) is 6.61 Å². The molecular weight excluding hydrogens is 262 g/mol. The number of nitrogens with zero attached hydrogens (tertiary/aromatic N) is 2. The van der Waals surface area contributed by atoms with Gasteiger partial charge in [-0.05, 0) is 49.7 Å². The Bertz CT molecular complexity index is 444. The fourth-order valence-corrected chi connectivity index (χ4v) is 3.01. The molecule has 4 heteroatoms. The Morgan fingerprint density at radius 2 is 2.33 bits per heavy atom. The monoisotopic (exact) mass is 291 g/mol. The molecule has 2 N–H and O–H groups in total. The van der Waals surface area contributed by atoms with E-state index in [1.165, 1.54) is 24.0 Å². The third kappa shape index (κ3) is 4.68. The summed E-state index contributed by atoms with van der Waals surface area (Å²) in [6.07, 6.45) is 6.32. The lowest BCUT2D eigenvalue weighted by molar-refractivity contribution is 0.0576. The third-order valence-electron chi connectivity index (χ3n) is 4.28. The van der Waals surface area contributed by atoms with Crippen LogP contribution in [0.25, 0.3) is 0 Å². The lowest BCUT2D eigenvalue weighted by Crippen LogP contribution is -2.31. The van der Waals surface area contributed by atoms with Crippen molar-refractivity contribution < 1.29 is 4.74 Å². The Kier molecular flexibility index (Phi) is 6.00. The molecule has 0 radical (unpaired) electrons. The summed E-state index contributed by atoms with van der Waals surface area (Å²) in [4.78, 5) is 6.92. The smallest absolute Gasteiger partial charge is 0.131 e. The summed E-state index contributed by atoms with van der Waals surface area (Å²) in [6.45, 7) is 7.08. The summed E-state index contributed by atoms with van der Waals surface area (Å²) < 4.78 is 5.56. The van der Waals surface area contributed by atoms with E-state index >= 15 is 0 Å². The Morgan fingerprint density at radius 3 is 2.95 bits per heavy atom. The molecule has 1 aliphatic heterocycles. The van der Waals surface area contributed by atoms with Gasteiger partial charge in [0.2, 0.25) is 0 Å². The molecule has 0 spiro atoms. The topological polar surface area (TPSA) is 51.4 Å². The van der Waals surface area contributed by atoms with Crippen LogP contribution in [0.1, 0.15) is 37.3 Å². The molecule has 0 amide bonds. The zero-order valence-corrected chi connectivity index (χ0v) is 13.6. The summed E-state index contributed by atoms with van der Waals surface area (Å²) in [5.41, 5.74) is 8.49. The normalized spacial score (nSPS) is 20.3. The molecule has 118 valence electrons. The van der Waals surface area contributed by atoms with Crippen LogP contribution in [-0.2, 0) is 11.2 Å². The van der Waals surface area contributed by atoms with E-state index in [1.807, 2.05) is 6.20 Å². The predicted octanol–water partition coefficient (Wildman–Crippen LogP) is 2.53. The van der Waals surface area contributed by atoms with E-state index in [4.69, 9.17) is 10.5 Å². The van der Waals surface area contributed by atoms with Crippen molar-refractivity contribution >= 4 is 5.82 Å². The number of aryl methyl sites for hydroxylation is 1. The van der Waals surface area contributed by atoms with Gasteiger partial charge in [0.25, 0.3) is 0 Å². The van der Waals surface area contributed by atoms with Crippen LogP contribution in [0.3, 0.4) is 0 Å². The van der Waals surface area contributed by atoms with E-state index < -0.39 is 0 Å². The van der Waals surface area contributed by atoms with Crippen LogP contribution in [0.15, 0.2) is 12.3 Å². The first-order valence-corrected chi connectivity index (χ1v) is 8.10. The van der Waals surface area contributed by atoms with Crippen LogP contribution in [0.2, 0.25) is 0 Å². The first-order chi connectivity index (χ1) is 10.1. The molecule has 1 aromatic heterocycles. The number of nitrogens with two attached hydrogens (primary N) is 1.